The molecule has 0 atom stereocenters. The molecule has 2 aromatic carbocycles. The fraction of sp³-hybridized carbons (Fsp3) is 0.321. The maximum atomic E-state index is 10.0. The normalized spacial score (nSPS) is 11.3. The highest BCUT2D eigenvalue weighted by Crippen LogP contribution is 2.41. The molecule has 166 valence electrons. The predicted molar refractivity (Wildman–Crippen MR) is 134 cm³/mol. The molecule has 4 heteroatoms. The minimum atomic E-state index is 0.000257. The maximum Gasteiger partial charge on any atom is 0.203 e. The maximum absolute atomic E-state index is 10.0. The summed E-state index contributed by atoms with van der Waals surface area (Å²) < 4.78 is 8.85. The van der Waals surface area contributed by atoms with Gasteiger partial charge in [-0.15, -0.1) is 0 Å². The molecule has 0 radical (unpaired) electrons. The summed E-state index contributed by atoms with van der Waals surface area (Å²) in [7, 11) is 0. The molecule has 0 saturated carbocycles. The molecule has 2 aromatic rings. The summed E-state index contributed by atoms with van der Waals surface area (Å²) in [6.07, 6.45) is 0. The molecule has 2 aliphatic rings. The fourth-order valence-corrected chi connectivity index (χ4v) is 4.63. The van der Waals surface area contributed by atoms with E-state index in [-0.39, 0.29) is 6.61 Å². The minimum Gasteiger partial charge on any atom is -0.456 e. The third kappa shape index (κ3) is 3.91. The summed E-state index contributed by atoms with van der Waals surface area (Å²) in [6, 6.07) is 21.1. The second kappa shape index (κ2) is 9.58. The smallest absolute Gasteiger partial charge is 0.203 e. The number of benzene rings is 3. The number of hydrogen-bond acceptors (Lipinski definition) is 3. The first-order valence-electron chi connectivity index (χ1n) is 11.7. The molecule has 0 fully saturated rings. The van der Waals surface area contributed by atoms with Crippen molar-refractivity contribution >= 4 is 16.7 Å². The summed E-state index contributed by atoms with van der Waals surface area (Å²) in [5.41, 5.74) is 6.16. The van der Waals surface area contributed by atoms with E-state index in [1.807, 2.05) is 18.2 Å². The van der Waals surface area contributed by atoms with Crippen LogP contribution in [0.4, 0.5) is 5.69 Å². The van der Waals surface area contributed by atoms with Gasteiger partial charge in [-0.3, -0.25) is 0 Å². The fourth-order valence-electron chi connectivity index (χ4n) is 4.63. The van der Waals surface area contributed by atoms with Crippen molar-refractivity contribution in [1.82, 2.24) is 4.58 Å². The average Bonchev–Trinajstić information content (AvgIpc) is 2.84. The molecule has 1 aliphatic heterocycles. The first kappa shape index (κ1) is 22.1. The van der Waals surface area contributed by atoms with Crippen molar-refractivity contribution in [3.63, 3.8) is 0 Å². The van der Waals surface area contributed by atoms with E-state index in [0.717, 1.165) is 76.2 Å². The highest BCUT2D eigenvalue weighted by atomic mass is 16.3. The van der Waals surface area contributed by atoms with Crippen LogP contribution in [-0.2, 0) is 6.61 Å². The van der Waals surface area contributed by atoms with Crippen LogP contribution in [0.25, 0.3) is 33.4 Å². The average molecular weight is 430 g/mol. The lowest BCUT2D eigenvalue weighted by atomic mass is 9.91. The Labute approximate surface area is 190 Å². The first-order chi connectivity index (χ1) is 15.6. The molecule has 0 spiro atoms. The van der Waals surface area contributed by atoms with Gasteiger partial charge in [0.2, 0.25) is 5.36 Å². The van der Waals surface area contributed by atoms with Gasteiger partial charge < -0.3 is 14.4 Å². The molecule has 4 nitrogen and oxygen atoms in total. The van der Waals surface area contributed by atoms with E-state index in [2.05, 4.69) is 79.6 Å². The zero-order chi connectivity index (χ0) is 22.7. The molecule has 1 aliphatic carbocycles. The Morgan fingerprint density at radius 3 is 2.28 bits per heavy atom. The van der Waals surface area contributed by atoms with E-state index in [1.54, 1.807) is 0 Å². The number of aliphatic hydroxyl groups is 1. The number of aliphatic hydroxyl groups excluding tert-OH is 1. The standard InChI is InChI=1S/C28H33N2O2/c1-5-29(6-2)21-13-15-24-26(17-21)32-27-18-22(30(7-3)8-4)14-16-25(27)28(24)23-12-10-9-11-20(23)19-31/h9-18,31H,5-8,19H2,1-4H3/q+1. The van der Waals surface area contributed by atoms with Gasteiger partial charge in [0, 0.05) is 47.4 Å². The number of rotatable bonds is 7. The van der Waals surface area contributed by atoms with Gasteiger partial charge in [0.05, 0.1) is 12.7 Å². The topological polar surface area (TPSA) is 39.6 Å². The Morgan fingerprint density at radius 1 is 0.844 bits per heavy atom. The van der Waals surface area contributed by atoms with Gasteiger partial charge >= 0.3 is 0 Å². The van der Waals surface area contributed by atoms with E-state index in [4.69, 9.17) is 4.42 Å². The van der Waals surface area contributed by atoms with E-state index < -0.39 is 0 Å². The number of fused-ring (bicyclic) bond motifs is 2. The van der Waals surface area contributed by atoms with Crippen molar-refractivity contribution in [3.8, 4) is 22.5 Å². The van der Waals surface area contributed by atoms with E-state index >= 15 is 0 Å². The first-order valence-corrected chi connectivity index (χ1v) is 11.7. The molecule has 0 bridgehead atoms. The molecule has 0 aromatic heterocycles. The third-order valence-corrected chi connectivity index (χ3v) is 6.40. The zero-order valence-electron chi connectivity index (χ0n) is 19.6. The van der Waals surface area contributed by atoms with Crippen LogP contribution >= 0.6 is 0 Å². The lowest BCUT2D eigenvalue weighted by Gasteiger charge is -2.22. The van der Waals surface area contributed by atoms with E-state index in [1.165, 1.54) is 0 Å². The van der Waals surface area contributed by atoms with Crippen molar-refractivity contribution in [2.75, 3.05) is 31.1 Å². The number of nitrogens with zero attached hydrogens (tertiary/aromatic N) is 2. The second-order valence-electron chi connectivity index (χ2n) is 8.00. The van der Waals surface area contributed by atoms with E-state index in [0.29, 0.717) is 0 Å². The summed E-state index contributed by atoms with van der Waals surface area (Å²) in [6.45, 7) is 12.5. The van der Waals surface area contributed by atoms with Gasteiger partial charge in [-0.1, -0.05) is 24.3 Å². The summed E-state index contributed by atoms with van der Waals surface area (Å²) in [5.74, 6) is 0.862. The third-order valence-electron chi connectivity index (χ3n) is 6.40. The number of anilines is 1. The minimum absolute atomic E-state index is 0.000257. The molecule has 1 N–H and O–H groups in total. The summed E-state index contributed by atoms with van der Waals surface area (Å²) in [4.78, 5) is 2.33. The Hall–Kier alpha value is -3.11. The van der Waals surface area contributed by atoms with Crippen molar-refractivity contribution in [3.05, 3.63) is 71.6 Å². The monoisotopic (exact) mass is 429 g/mol. The van der Waals surface area contributed by atoms with Gasteiger partial charge in [-0.2, -0.15) is 0 Å². The van der Waals surface area contributed by atoms with Gasteiger partial charge in [0.25, 0.3) is 0 Å². The summed E-state index contributed by atoms with van der Waals surface area (Å²) >= 11 is 0. The van der Waals surface area contributed by atoms with Crippen LogP contribution in [0.2, 0.25) is 0 Å². The van der Waals surface area contributed by atoms with Gasteiger partial charge in [0.1, 0.15) is 24.4 Å². The molecule has 0 saturated heterocycles. The van der Waals surface area contributed by atoms with Crippen LogP contribution in [0.5, 0.6) is 0 Å². The van der Waals surface area contributed by atoms with Gasteiger partial charge in [-0.25, -0.2) is 4.58 Å². The Bertz CT molecular complexity index is 1260. The van der Waals surface area contributed by atoms with E-state index in [9.17, 15) is 5.11 Å². The van der Waals surface area contributed by atoms with Crippen molar-refractivity contribution in [2.24, 2.45) is 0 Å². The van der Waals surface area contributed by atoms with Crippen molar-refractivity contribution in [2.45, 2.75) is 34.3 Å². The molecular weight excluding hydrogens is 396 g/mol. The Balaban J connectivity index is 2.11. The molecule has 4 rings (SSSR count). The molecule has 1 heterocycles. The number of hydrogen-bond donors (Lipinski definition) is 1. The van der Waals surface area contributed by atoms with Crippen LogP contribution in [-0.4, -0.2) is 31.3 Å². The lowest BCUT2D eigenvalue weighted by molar-refractivity contribution is 0.282. The van der Waals surface area contributed by atoms with Crippen molar-refractivity contribution < 1.29 is 9.52 Å². The lowest BCUT2D eigenvalue weighted by Crippen LogP contribution is -2.29. The van der Waals surface area contributed by atoms with Crippen LogP contribution in [0, 0.1) is 0 Å². The van der Waals surface area contributed by atoms with Gasteiger partial charge in [-0.05, 0) is 57.0 Å². The van der Waals surface area contributed by atoms with Gasteiger partial charge in [0.15, 0.2) is 0 Å². The molecular formula is C28H33N2O2+. The largest absolute Gasteiger partial charge is 0.456 e. The van der Waals surface area contributed by atoms with Crippen LogP contribution in [0.15, 0.2) is 65.1 Å². The highest BCUT2D eigenvalue weighted by Gasteiger charge is 2.20. The molecule has 32 heavy (non-hydrogen) atoms. The quantitative estimate of drug-likeness (QED) is 0.318. The second-order valence-corrected chi connectivity index (χ2v) is 8.00. The van der Waals surface area contributed by atoms with Crippen LogP contribution < -0.4 is 14.8 Å². The predicted octanol–water partition coefficient (Wildman–Crippen LogP) is 5.36. The SMILES string of the molecule is CCN(CC)c1ccc2c(-c3ccccc3CO)c3ccc(=[N+](CC)CC)cc-3oc2c1. The molecule has 0 amide bonds. The zero-order valence-corrected chi connectivity index (χ0v) is 19.6. The Kier molecular flexibility index (Phi) is 6.61. The van der Waals surface area contributed by atoms with Crippen LogP contribution in [0.1, 0.15) is 33.3 Å². The highest BCUT2D eigenvalue weighted by molar-refractivity contribution is 6.03. The van der Waals surface area contributed by atoms with Crippen molar-refractivity contribution in [1.29, 1.82) is 0 Å². The summed E-state index contributed by atoms with van der Waals surface area (Å²) in [5, 5.41) is 12.3. The van der Waals surface area contributed by atoms with Crippen LogP contribution in [0.3, 0.4) is 0 Å². The molecule has 0 unspecified atom stereocenters. The Morgan fingerprint density at radius 2 is 1.59 bits per heavy atom.